The molecule has 4 rings (SSSR count). The first-order valence-corrected chi connectivity index (χ1v) is 9.99. The first-order valence-electron chi connectivity index (χ1n) is 9.99. The van der Waals surface area contributed by atoms with E-state index in [1.54, 1.807) is 0 Å². The van der Waals surface area contributed by atoms with Gasteiger partial charge in [-0.2, -0.15) is 0 Å². The summed E-state index contributed by atoms with van der Waals surface area (Å²) in [5, 5.41) is 2.28. The van der Waals surface area contributed by atoms with Crippen LogP contribution < -0.4 is 0 Å². The van der Waals surface area contributed by atoms with E-state index in [1.165, 1.54) is 5.56 Å². The Morgan fingerprint density at radius 2 is 1.75 bits per heavy atom. The van der Waals surface area contributed by atoms with E-state index >= 15 is 0 Å². The largest absolute Gasteiger partial charge is 0.254 e. The number of pyridine rings is 2. The van der Waals surface area contributed by atoms with Crippen LogP contribution in [0.15, 0.2) is 73.4 Å². The minimum absolute atomic E-state index is 0.0281. The van der Waals surface area contributed by atoms with Gasteiger partial charge in [0.15, 0.2) is 0 Å². The Hall–Kier alpha value is -3.00. The van der Waals surface area contributed by atoms with Crippen molar-refractivity contribution in [2.75, 3.05) is 0 Å². The topological polar surface area (TPSA) is 25.8 Å². The molecule has 1 atom stereocenters. The van der Waals surface area contributed by atoms with Gasteiger partial charge in [-0.1, -0.05) is 81.5 Å². The Bertz CT molecular complexity index is 1150. The van der Waals surface area contributed by atoms with Crippen LogP contribution in [0.25, 0.3) is 27.9 Å². The molecule has 1 unspecified atom stereocenters. The van der Waals surface area contributed by atoms with Crippen molar-refractivity contribution in [2.24, 2.45) is 0 Å². The second kappa shape index (κ2) is 7.55. The van der Waals surface area contributed by atoms with Crippen LogP contribution in [-0.2, 0) is 11.8 Å². The summed E-state index contributed by atoms with van der Waals surface area (Å²) in [6, 6.07) is 21.4. The Labute approximate surface area is 167 Å². The van der Waals surface area contributed by atoms with Gasteiger partial charge in [-0.15, -0.1) is 0 Å². The van der Waals surface area contributed by atoms with Crippen LogP contribution >= 0.6 is 0 Å². The predicted octanol–water partition coefficient (Wildman–Crippen LogP) is 6.73. The molecule has 0 spiro atoms. The van der Waals surface area contributed by atoms with Crippen molar-refractivity contribution in [3.8, 4) is 0 Å². The van der Waals surface area contributed by atoms with Crippen LogP contribution in [0.1, 0.15) is 43.5 Å². The maximum Gasteiger partial charge on any atom is 0.0968 e. The Kier molecular flexibility index (Phi) is 4.95. The van der Waals surface area contributed by atoms with Crippen molar-refractivity contribution in [3.63, 3.8) is 0 Å². The number of hydrogen-bond acceptors (Lipinski definition) is 2. The van der Waals surface area contributed by atoms with Crippen molar-refractivity contribution >= 4 is 27.9 Å². The van der Waals surface area contributed by atoms with Gasteiger partial charge in [0.2, 0.25) is 0 Å². The van der Waals surface area contributed by atoms with Gasteiger partial charge in [0.05, 0.1) is 11.0 Å². The summed E-state index contributed by atoms with van der Waals surface area (Å²) in [5.41, 5.74) is 5.58. The van der Waals surface area contributed by atoms with Crippen molar-refractivity contribution in [1.82, 2.24) is 9.97 Å². The van der Waals surface area contributed by atoms with Crippen LogP contribution in [-0.4, -0.2) is 9.97 Å². The molecular weight excluding hydrogens is 340 g/mol. The molecule has 2 nitrogen and oxygen atoms in total. The first kappa shape index (κ1) is 18.4. The van der Waals surface area contributed by atoms with Crippen LogP contribution in [0, 0.1) is 0 Å². The summed E-state index contributed by atoms with van der Waals surface area (Å²) < 4.78 is 0. The molecule has 0 aliphatic carbocycles. The Balaban J connectivity index is 1.83. The molecule has 4 aromatic rings. The SMILES string of the molecule is C=Cc1cccc(CC(C)(CCC)c2ccc3ccc4cccnc4c3n2)c1. The lowest BCUT2D eigenvalue weighted by Crippen LogP contribution is -2.26. The molecule has 28 heavy (non-hydrogen) atoms. The average Bonchev–Trinajstić information content (AvgIpc) is 2.73. The van der Waals surface area contributed by atoms with Gasteiger partial charge in [-0.05, 0) is 36.1 Å². The molecule has 2 heterocycles. The molecule has 0 N–H and O–H groups in total. The maximum absolute atomic E-state index is 5.15. The summed E-state index contributed by atoms with van der Waals surface area (Å²) in [6.45, 7) is 8.49. The second-order valence-electron chi connectivity index (χ2n) is 7.85. The summed E-state index contributed by atoms with van der Waals surface area (Å²) in [5.74, 6) is 0. The fourth-order valence-electron chi connectivity index (χ4n) is 4.20. The lowest BCUT2D eigenvalue weighted by Gasteiger charge is -2.29. The zero-order valence-corrected chi connectivity index (χ0v) is 16.7. The van der Waals surface area contributed by atoms with E-state index in [4.69, 9.17) is 4.98 Å². The van der Waals surface area contributed by atoms with E-state index in [1.807, 2.05) is 18.3 Å². The van der Waals surface area contributed by atoms with E-state index in [2.05, 4.69) is 80.0 Å². The summed E-state index contributed by atoms with van der Waals surface area (Å²) in [6.07, 6.45) is 6.92. The molecule has 0 saturated heterocycles. The van der Waals surface area contributed by atoms with Crippen LogP contribution in [0.4, 0.5) is 0 Å². The van der Waals surface area contributed by atoms with Gasteiger partial charge < -0.3 is 0 Å². The highest BCUT2D eigenvalue weighted by molar-refractivity contribution is 6.02. The molecule has 0 radical (unpaired) electrons. The van der Waals surface area contributed by atoms with Gasteiger partial charge in [-0.25, -0.2) is 4.98 Å². The highest BCUT2D eigenvalue weighted by Crippen LogP contribution is 2.34. The highest BCUT2D eigenvalue weighted by Gasteiger charge is 2.28. The van der Waals surface area contributed by atoms with Crippen LogP contribution in [0.5, 0.6) is 0 Å². The summed E-state index contributed by atoms with van der Waals surface area (Å²) >= 11 is 0. The fourth-order valence-corrected chi connectivity index (χ4v) is 4.20. The molecule has 0 aliphatic rings. The maximum atomic E-state index is 5.15. The number of benzene rings is 2. The molecule has 140 valence electrons. The molecule has 0 bridgehead atoms. The molecule has 0 amide bonds. The van der Waals surface area contributed by atoms with E-state index in [0.717, 1.165) is 52.3 Å². The normalized spacial score (nSPS) is 13.5. The molecule has 2 aromatic heterocycles. The predicted molar refractivity (Wildman–Crippen MR) is 120 cm³/mol. The highest BCUT2D eigenvalue weighted by atomic mass is 14.8. The lowest BCUT2D eigenvalue weighted by atomic mass is 9.76. The Morgan fingerprint density at radius 1 is 0.964 bits per heavy atom. The fraction of sp³-hybridized carbons (Fsp3) is 0.231. The van der Waals surface area contributed by atoms with E-state index in [9.17, 15) is 0 Å². The lowest BCUT2D eigenvalue weighted by molar-refractivity contribution is 0.414. The first-order chi connectivity index (χ1) is 13.6. The quantitative estimate of drug-likeness (QED) is 0.354. The van der Waals surface area contributed by atoms with E-state index in [-0.39, 0.29) is 5.41 Å². The second-order valence-corrected chi connectivity index (χ2v) is 7.85. The zero-order chi connectivity index (χ0) is 19.6. The van der Waals surface area contributed by atoms with Crippen molar-refractivity contribution in [2.45, 2.75) is 38.5 Å². The van der Waals surface area contributed by atoms with Gasteiger partial charge >= 0.3 is 0 Å². The van der Waals surface area contributed by atoms with Gasteiger partial charge in [0.1, 0.15) is 0 Å². The number of nitrogens with zero attached hydrogens (tertiary/aromatic N) is 2. The Morgan fingerprint density at radius 3 is 2.54 bits per heavy atom. The minimum Gasteiger partial charge on any atom is -0.254 e. The molecule has 0 aliphatic heterocycles. The van der Waals surface area contributed by atoms with E-state index in [0.29, 0.717) is 0 Å². The third-order valence-corrected chi connectivity index (χ3v) is 5.63. The summed E-state index contributed by atoms with van der Waals surface area (Å²) in [7, 11) is 0. The van der Waals surface area contributed by atoms with Gasteiger partial charge in [0, 0.05) is 28.1 Å². The molecular formula is C26H26N2. The molecule has 0 fully saturated rings. The van der Waals surface area contributed by atoms with Crippen molar-refractivity contribution < 1.29 is 0 Å². The third kappa shape index (κ3) is 3.43. The van der Waals surface area contributed by atoms with Crippen LogP contribution in [0.3, 0.4) is 0 Å². The number of fused-ring (bicyclic) bond motifs is 3. The number of rotatable bonds is 6. The summed E-state index contributed by atoms with van der Waals surface area (Å²) in [4.78, 5) is 9.76. The monoisotopic (exact) mass is 366 g/mol. The zero-order valence-electron chi connectivity index (χ0n) is 16.7. The van der Waals surface area contributed by atoms with E-state index < -0.39 is 0 Å². The smallest absolute Gasteiger partial charge is 0.0968 e. The number of aromatic nitrogens is 2. The van der Waals surface area contributed by atoms with Crippen molar-refractivity contribution in [1.29, 1.82) is 0 Å². The standard InChI is InChI=1S/C26H26N2/c1-4-15-26(3,18-20-9-6-8-19(5-2)17-20)23-14-13-22-12-11-21-10-7-16-27-24(21)25(22)28-23/h5-14,16-17H,2,4,15,18H2,1,3H3. The number of hydrogen-bond donors (Lipinski definition) is 0. The molecule has 0 saturated carbocycles. The minimum atomic E-state index is -0.0281. The van der Waals surface area contributed by atoms with Crippen molar-refractivity contribution in [3.05, 3.63) is 90.3 Å². The molecule has 2 heteroatoms. The average molecular weight is 367 g/mol. The van der Waals surface area contributed by atoms with Crippen LogP contribution in [0.2, 0.25) is 0 Å². The van der Waals surface area contributed by atoms with Gasteiger partial charge in [-0.3, -0.25) is 4.98 Å². The third-order valence-electron chi connectivity index (χ3n) is 5.63. The molecule has 2 aromatic carbocycles. The van der Waals surface area contributed by atoms with Gasteiger partial charge in [0.25, 0.3) is 0 Å².